The summed E-state index contributed by atoms with van der Waals surface area (Å²) in [5.74, 6) is 0.575. The molecule has 0 aliphatic heterocycles. The third-order valence-corrected chi connectivity index (χ3v) is 3.56. The monoisotopic (exact) mass is 240 g/mol. The van der Waals surface area contributed by atoms with Gasteiger partial charge in [-0.25, -0.2) is 0 Å². The summed E-state index contributed by atoms with van der Waals surface area (Å²) in [4.78, 5) is 0. The standard InChI is InChI=1S/C16H13Cl/c17-11-16-14-8-3-1-2-6-12(14)10-13-7-4-5-9-15(13)16/h1-7,9-10H,8,11H2. The van der Waals surface area contributed by atoms with E-state index in [4.69, 9.17) is 11.6 Å². The van der Waals surface area contributed by atoms with Crippen LogP contribution in [0.5, 0.6) is 0 Å². The van der Waals surface area contributed by atoms with Gasteiger partial charge in [0.1, 0.15) is 0 Å². The average molecular weight is 241 g/mol. The Labute approximate surface area is 106 Å². The molecule has 0 saturated carbocycles. The first-order valence-corrected chi connectivity index (χ1v) is 6.36. The van der Waals surface area contributed by atoms with Gasteiger partial charge in [-0.15, -0.1) is 11.6 Å². The van der Waals surface area contributed by atoms with Crippen molar-refractivity contribution in [2.75, 3.05) is 0 Å². The molecular weight excluding hydrogens is 228 g/mol. The van der Waals surface area contributed by atoms with E-state index < -0.39 is 0 Å². The molecule has 0 fully saturated rings. The molecule has 0 amide bonds. The van der Waals surface area contributed by atoms with Crippen molar-refractivity contribution in [1.82, 2.24) is 0 Å². The van der Waals surface area contributed by atoms with Crippen LogP contribution in [0.1, 0.15) is 16.7 Å². The number of hydrogen-bond donors (Lipinski definition) is 0. The molecule has 0 aromatic heterocycles. The van der Waals surface area contributed by atoms with Crippen LogP contribution in [0.2, 0.25) is 0 Å². The molecule has 0 saturated heterocycles. The summed E-state index contributed by atoms with van der Waals surface area (Å²) in [6.45, 7) is 0. The molecule has 1 aliphatic carbocycles. The van der Waals surface area contributed by atoms with E-state index in [-0.39, 0.29) is 0 Å². The van der Waals surface area contributed by atoms with Crippen LogP contribution in [0.3, 0.4) is 0 Å². The van der Waals surface area contributed by atoms with Gasteiger partial charge in [-0.05, 0) is 39.9 Å². The molecule has 0 atom stereocenters. The summed E-state index contributed by atoms with van der Waals surface area (Å²) >= 11 is 6.15. The van der Waals surface area contributed by atoms with E-state index in [2.05, 4.69) is 54.6 Å². The van der Waals surface area contributed by atoms with Crippen LogP contribution in [0, 0.1) is 0 Å². The lowest BCUT2D eigenvalue weighted by molar-refractivity contribution is 1.21. The number of fused-ring (bicyclic) bond motifs is 2. The van der Waals surface area contributed by atoms with Crippen molar-refractivity contribution >= 4 is 28.4 Å². The second kappa shape index (κ2) is 4.38. The molecule has 0 bridgehead atoms. The Morgan fingerprint density at radius 1 is 1.12 bits per heavy atom. The average Bonchev–Trinajstić information content (AvgIpc) is 2.60. The summed E-state index contributed by atoms with van der Waals surface area (Å²) in [5.41, 5.74) is 3.93. The normalized spacial score (nSPS) is 13.7. The summed E-state index contributed by atoms with van der Waals surface area (Å²) < 4.78 is 0. The van der Waals surface area contributed by atoms with Crippen molar-refractivity contribution in [1.29, 1.82) is 0 Å². The second-order valence-corrected chi connectivity index (χ2v) is 4.54. The van der Waals surface area contributed by atoms with Gasteiger partial charge in [-0.1, -0.05) is 48.6 Å². The number of hydrogen-bond acceptors (Lipinski definition) is 0. The van der Waals surface area contributed by atoms with Gasteiger partial charge in [0, 0.05) is 5.88 Å². The van der Waals surface area contributed by atoms with Crippen LogP contribution in [-0.2, 0) is 12.3 Å². The number of allylic oxidation sites excluding steroid dienone is 3. The lowest BCUT2D eigenvalue weighted by atomic mass is 9.93. The van der Waals surface area contributed by atoms with Crippen LogP contribution >= 0.6 is 11.6 Å². The Kier molecular flexibility index (Phi) is 2.74. The molecule has 3 rings (SSSR count). The van der Waals surface area contributed by atoms with E-state index in [0.29, 0.717) is 5.88 Å². The molecule has 0 radical (unpaired) electrons. The Morgan fingerprint density at radius 3 is 2.88 bits per heavy atom. The highest BCUT2D eigenvalue weighted by atomic mass is 35.5. The highest BCUT2D eigenvalue weighted by Crippen LogP contribution is 2.30. The minimum absolute atomic E-state index is 0.575. The Morgan fingerprint density at radius 2 is 2.00 bits per heavy atom. The molecule has 0 nitrogen and oxygen atoms in total. The van der Waals surface area contributed by atoms with E-state index in [1.165, 1.54) is 27.5 Å². The lowest BCUT2D eigenvalue weighted by Gasteiger charge is -2.13. The molecule has 84 valence electrons. The van der Waals surface area contributed by atoms with Crippen LogP contribution in [-0.4, -0.2) is 0 Å². The van der Waals surface area contributed by atoms with E-state index >= 15 is 0 Å². The molecule has 1 aliphatic rings. The van der Waals surface area contributed by atoms with Crippen molar-refractivity contribution in [2.45, 2.75) is 12.3 Å². The van der Waals surface area contributed by atoms with Gasteiger partial charge in [0.15, 0.2) is 0 Å². The maximum absolute atomic E-state index is 6.15. The van der Waals surface area contributed by atoms with E-state index in [1.807, 2.05) is 0 Å². The van der Waals surface area contributed by atoms with Crippen molar-refractivity contribution in [3.8, 4) is 0 Å². The molecular formula is C16H13Cl. The fourth-order valence-corrected chi connectivity index (χ4v) is 2.76. The van der Waals surface area contributed by atoms with Crippen molar-refractivity contribution in [3.05, 3.63) is 65.3 Å². The predicted molar refractivity (Wildman–Crippen MR) is 75.4 cm³/mol. The minimum Gasteiger partial charge on any atom is -0.122 e. The van der Waals surface area contributed by atoms with Crippen LogP contribution in [0.15, 0.2) is 48.6 Å². The predicted octanol–water partition coefficient (Wildman–Crippen LogP) is 4.70. The maximum Gasteiger partial charge on any atom is 0.0483 e. The zero-order chi connectivity index (χ0) is 11.7. The Bertz CT molecular complexity index is 621. The first-order chi connectivity index (χ1) is 8.40. The van der Waals surface area contributed by atoms with Gasteiger partial charge in [0.25, 0.3) is 0 Å². The molecule has 0 N–H and O–H groups in total. The van der Waals surface area contributed by atoms with Crippen molar-refractivity contribution < 1.29 is 0 Å². The molecule has 2 aromatic rings. The first kappa shape index (κ1) is 10.6. The molecule has 2 aromatic carbocycles. The highest BCUT2D eigenvalue weighted by molar-refractivity contribution is 6.18. The zero-order valence-corrected chi connectivity index (χ0v) is 10.2. The Balaban J connectivity index is 2.39. The topological polar surface area (TPSA) is 0 Å². The number of benzene rings is 2. The van der Waals surface area contributed by atoms with Gasteiger partial charge >= 0.3 is 0 Å². The quantitative estimate of drug-likeness (QED) is 0.634. The van der Waals surface area contributed by atoms with Gasteiger partial charge < -0.3 is 0 Å². The zero-order valence-electron chi connectivity index (χ0n) is 9.49. The van der Waals surface area contributed by atoms with E-state index in [0.717, 1.165) is 6.42 Å². The van der Waals surface area contributed by atoms with Crippen molar-refractivity contribution in [2.24, 2.45) is 0 Å². The minimum atomic E-state index is 0.575. The van der Waals surface area contributed by atoms with Crippen LogP contribution < -0.4 is 0 Å². The summed E-state index contributed by atoms with van der Waals surface area (Å²) in [6.07, 6.45) is 9.52. The summed E-state index contributed by atoms with van der Waals surface area (Å²) in [6, 6.07) is 10.7. The SMILES string of the molecule is ClCc1c2c(cc3ccccc13)C=CC=CC2. The third kappa shape index (κ3) is 1.79. The maximum atomic E-state index is 6.15. The summed E-state index contributed by atoms with van der Waals surface area (Å²) in [5, 5.41) is 2.55. The molecule has 0 heterocycles. The van der Waals surface area contributed by atoms with E-state index in [9.17, 15) is 0 Å². The fraction of sp³-hybridized carbons (Fsp3) is 0.125. The molecule has 0 spiro atoms. The van der Waals surface area contributed by atoms with Gasteiger partial charge in [0.2, 0.25) is 0 Å². The largest absolute Gasteiger partial charge is 0.122 e. The van der Waals surface area contributed by atoms with Gasteiger partial charge in [0.05, 0.1) is 0 Å². The molecule has 0 unspecified atom stereocenters. The van der Waals surface area contributed by atoms with Crippen LogP contribution in [0.25, 0.3) is 16.8 Å². The molecule has 1 heteroatoms. The van der Waals surface area contributed by atoms with Crippen LogP contribution in [0.4, 0.5) is 0 Å². The second-order valence-electron chi connectivity index (χ2n) is 4.27. The summed E-state index contributed by atoms with van der Waals surface area (Å²) in [7, 11) is 0. The number of alkyl halides is 1. The lowest BCUT2D eigenvalue weighted by Crippen LogP contribution is -1.95. The number of rotatable bonds is 1. The van der Waals surface area contributed by atoms with Gasteiger partial charge in [-0.3, -0.25) is 0 Å². The number of halogens is 1. The fourth-order valence-electron chi connectivity index (χ4n) is 2.46. The van der Waals surface area contributed by atoms with Gasteiger partial charge in [-0.2, -0.15) is 0 Å². The van der Waals surface area contributed by atoms with E-state index in [1.54, 1.807) is 0 Å². The smallest absolute Gasteiger partial charge is 0.0483 e. The highest BCUT2D eigenvalue weighted by Gasteiger charge is 2.10. The molecule has 17 heavy (non-hydrogen) atoms. The first-order valence-electron chi connectivity index (χ1n) is 5.83. The third-order valence-electron chi connectivity index (χ3n) is 3.29. The Hall–Kier alpha value is -1.53. The van der Waals surface area contributed by atoms with Crippen molar-refractivity contribution in [3.63, 3.8) is 0 Å².